The summed E-state index contributed by atoms with van der Waals surface area (Å²) in [6.07, 6.45) is 0. The van der Waals surface area contributed by atoms with Crippen LogP contribution in [0, 0.1) is 0 Å². The molecule has 0 saturated carbocycles. The zero-order valence-corrected chi connectivity index (χ0v) is 9.33. The van der Waals surface area contributed by atoms with Gasteiger partial charge in [-0.05, 0) is 13.8 Å². The van der Waals surface area contributed by atoms with Gasteiger partial charge in [0.15, 0.2) is 0 Å². The van der Waals surface area contributed by atoms with Crippen LogP contribution in [0.3, 0.4) is 0 Å². The molecule has 14 heavy (non-hydrogen) atoms. The van der Waals surface area contributed by atoms with E-state index in [2.05, 4.69) is 0 Å². The topological polar surface area (TPSA) is 66.8 Å². The van der Waals surface area contributed by atoms with E-state index in [1.165, 1.54) is 11.2 Å². The highest BCUT2D eigenvalue weighted by Crippen LogP contribution is 2.15. The summed E-state index contributed by atoms with van der Waals surface area (Å²) in [5.74, 6) is 0. The SMILES string of the molecule is CC1COCCN1S(=O)(=O)C(C)CO. The Bertz CT molecular complexity index is 277. The fourth-order valence-corrected chi connectivity index (χ4v) is 2.96. The Hall–Kier alpha value is -0.170. The number of hydrogen-bond acceptors (Lipinski definition) is 4. The average Bonchev–Trinajstić information content (AvgIpc) is 2.17. The molecule has 0 spiro atoms. The maximum Gasteiger partial charge on any atom is 0.219 e. The van der Waals surface area contributed by atoms with Crippen molar-refractivity contribution in [1.29, 1.82) is 0 Å². The monoisotopic (exact) mass is 223 g/mol. The van der Waals surface area contributed by atoms with Crippen molar-refractivity contribution < 1.29 is 18.3 Å². The Balaban J connectivity index is 2.80. The first-order chi connectivity index (χ1) is 6.50. The van der Waals surface area contributed by atoms with Crippen LogP contribution in [-0.2, 0) is 14.8 Å². The van der Waals surface area contributed by atoms with Crippen molar-refractivity contribution in [1.82, 2.24) is 4.31 Å². The molecule has 0 amide bonds. The highest BCUT2D eigenvalue weighted by Gasteiger charge is 2.33. The molecular formula is C8H17NO4S. The van der Waals surface area contributed by atoms with Crippen LogP contribution in [0.1, 0.15) is 13.8 Å². The molecule has 84 valence electrons. The third kappa shape index (κ3) is 2.25. The average molecular weight is 223 g/mol. The Morgan fingerprint density at radius 2 is 2.29 bits per heavy atom. The summed E-state index contributed by atoms with van der Waals surface area (Å²) in [6.45, 7) is 4.22. The zero-order valence-electron chi connectivity index (χ0n) is 8.51. The van der Waals surface area contributed by atoms with Gasteiger partial charge in [0.05, 0.1) is 25.1 Å². The molecular weight excluding hydrogens is 206 g/mol. The van der Waals surface area contributed by atoms with Gasteiger partial charge >= 0.3 is 0 Å². The molecule has 1 fully saturated rings. The van der Waals surface area contributed by atoms with E-state index in [4.69, 9.17) is 9.84 Å². The smallest absolute Gasteiger partial charge is 0.219 e. The first-order valence-electron chi connectivity index (χ1n) is 4.69. The minimum Gasteiger partial charge on any atom is -0.395 e. The van der Waals surface area contributed by atoms with Gasteiger partial charge in [0.1, 0.15) is 0 Å². The van der Waals surface area contributed by atoms with Crippen molar-refractivity contribution in [2.24, 2.45) is 0 Å². The van der Waals surface area contributed by atoms with Crippen LogP contribution in [0.25, 0.3) is 0 Å². The van der Waals surface area contributed by atoms with Crippen LogP contribution in [0.5, 0.6) is 0 Å². The fourth-order valence-electron chi connectivity index (χ4n) is 1.42. The lowest BCUT2D eigenvalue weighted by Gasteiger charge is -2.33. The molecule has 1 heterocycles. The van der Waals surface area contributed by atoms with Crippen molar-refractivity contribution in [3.8, 4) is 0 Å². The molecule has 0 aromatic carbocycles. The maximum absolute atomic E-state index is 11.8. The van der Waals surface area contributed by atoms with Gasteiger partial charge in [0, 0.05) is 12.6 Å². The predicted molar refractivity (Wildman–Crippen MR) is 52.5 cm³/mol. The Kier molecular flexibility index (Phi) is 3.88. The summed E-state index contributed by atoms with van der Waals surface area (Å²) in [5.41, 5.74) is 0. The standard InChI is InChI=1S/C8H17NO4S/c1-7-6-13-4-3-9(7)14(11,12)8(2)5-10/h7-8,10H,3-6H2,1-2H3. The van der Waals surface area contributed by atoms with E-state index in [-0.39, 0.29) is 12.6 Å². The summed E-state index contributed by atoms with van der Waals surface area (Å²) >= 11 is 0. The van der Waals surface area contributed by atoms with E-state index < -0.39 is 15.3 Å². The second-order valence-corrected chi connectivity index (χ2v) is 5.88. The molecule has 1 saturated heterocycles. The van der Waals surface area contributed by atoms with Crippen LogP contribution in [-0.4, -0.2) is 55.5 Å². The fraction of sp³-hybridized carbons (Fsp3) is 1.00. The molecule has 0 aromatic heterocycles. The largest absolute Gasteiger partial charge is 0.395 e. The minimum atomic E-state index is -3.36. The van der Waals surface area contributed by atoms with Gasteiger partial charge in [0.25, 0.3) is 0 Å². The first-order valence-corrected chi connectivity index (χ1v) is 6.19. The summed E-state index contributed by atoms with van der Waals surface area (Å²) in [6, 6.07) is -0.136. The summed E-state index contributed by atoms with van der Waals surface area (Å²) in [5, 5.41) is 8.12. The molecule has 0 aliphatic carbocycles. The number of ether oxygens (including phenoxy) is 1. The lowest BCUT2D eigenvalue weighted by Crippen LogP contribution is -2.50. The van der Waals surface area contributed by atoms with Crippen LogP contribution in [0.2, 0.25) is 0 Å². The van der Waals surface area contributed by atoms with Crippen LogP contribution in [0.15, 0.2) is 0 Å². The predicted octanol–water partition coefficient (Wildman–Crippen LogP) is -0.582. The van der Waals surface area contributed by atoms with E-state index in [9.17, 15) is 8.42 Å². The van der Waals surface area contributed by atoms with E-state index in [0.717, 1.165) is 0 Å². The molecule has 1 N–H and O–H groups in total. The quantitative estimate of drug-likeness (QED) is 0.695. The van der Waals surface area contributed by atoms with Crippen molar-refractivity contribution in [2.45, 2.75) is 25.1 Å². The minimum absolute atomic E-state index is 0.136. The first kappa shape index (κ1) is 11.9. The van der Waals surface area contributed by atoms with Gasteiger partial charge in [0.2, 0.25) is 10.0 Å². The van der Waals surface area contributed by atoms with Crippen LogP contribution in [0.4, 0.5) is 0 Å². The Morgan fingerprint density at radius 1 is 1.64 bits per heavy atom. The number of hydrogen-bond donors (Lipinski definition) is 1. The van der Waals surface area contributed by atoms with Crippen molar-refractivity contribution >= 4 is 10.0 Å². The summed E-state index contributed by atoms with van der Waals surface area (Å²) < 4.78 is 30.2. The molecule has 5 nitrogen and oxygen atoms in total. The van der Waals surface area contributed by atoms with E-state index in [1.54, 1.807) is 6.92 Å². The number of aliphatic hydroxyl groups excluding tert-OH is 1. The third-order valence-corrected chi connectivity index (χ3v) is 4.76. The van der Waals surface area contributed by atoms with Gasteiger partial charge in [-0.1, -0.05) is 0 Å². The number of aliphatic hydroxyl groups is 1. The van der Waals surface area contributed by atoms with Crippen molar-refractivity contribution in [3.05, 3.63) is 0 Å². The zero-order chi connectivity index (χ0) is 10.8. The van der Waals surface area contributed by atoms with E-state index >= 15 is 0 Å². The molecule has 0 radical (unpaired) electrons. The van der Waals surface area contributed by atoms with Crippen LogP contribution >= 0.6 is 0 Å². The van der Waals surface area contributed by atoms with Gasteiger partial charge in [-0.15, -0.1) is 0 Å². The lowest BCUT2D eigenvalue weighted by atomic mass is 10.3. The van der Waals surface area contributed by atoms with Gasteiger partial charge in [-0.3, -0.25) is 0 Å². The Morgan fingerprint density at radius 3 is 2.79 bits per heavy atom. The third-order valence-electron chi connectivity index (χ3n) is 2.40. The normalized spacial score (nSPS) is 27.5. The molecule has 1 rings (SSSR count). The van der Waals surface area contributed by atoms with Crippen molar-refractivity contribution in [2.75, 3.05) is 26.4 Å². The molecule has 6 heteroatoms. The van der Waals surface area contributed by atoms with Gasteiger partial charge < -0.3 is 9.84 Å². The molecule has 1 aliphatic rings. The van der Waals surface area contributed by atoms with Crippen LogP contribution < -0.4 is 0 Å². The van der Waals surface area contributed by atoms with Gasteiger partial charge in [-0.25, -0.2) is 8.42 Å². The second-order valence-electron chi connectivity index (χ2n) is 3.57. The molecule has 2 unspecified atom stereocenters. The summed E-state index contributed by atoms with van der Waals surface area (Å²) in [7, 11) is -3.36. The van der Waals surface area contributed by atoms with E-state index in [0.29, 0.717) is 19.8 Å². The number of morpholine rings is 1. The number of sulfonamides is 1. The lowest BCUT2D eigenvalue weighted by molar-refractivity contribution is 0.0385. The highest BCUT2D eigenvalue weighted by atomic mass is 32.2. The number of rotatable bonds is 3. The number of nitrogens with zero attached hydrogens (tertiary/aromatic N) is 1. The maximum atomic E-state index is 11.8. The van der Waals surface area contributed by atoms with Crippen molar-refractivity contribution in [3.63, 3.8) is 0 Å². The molecule has 0 aromatic rings. The molecule has 2 atom stereocenters. The second kappa shape index (κ2) is 4.57. The molecule has 0 bridgehead atoms. The van der Waals surface area contributed by atoms with E-state index in [1.807, 2.05) is 0 Å². The summed E-state index contributed by atoms with van der Waals surface area (Å²) in [4.78, 5) is 0. The van der Waals surface area contributed by atoms with Gasteiger partial charge in [-0.2, -0.15) is 4.31 Å². The Labute approximate surface area is 84.7 Å². The highest BCUT2D eigenvalue weighted by molar-refractivity contribution is 7.89. The molecule has 1 aliphatic heterocycles.